The molecule has 1 unspecified atom stereocenters. The highest BCUT2D eigenvalue weighted by Crippen LogP contribution is 2.51. The van der Waals surface area contributed by atoms with Crippen LogP contribution in [-0.4, -0.2) is 53.9 Å². The van der Waals surface area contributed by atoms with Gasteiger partial charge in [-0.3, -0.25) is 0 Å². The molecule has 0 aromatic carbocycles. The van der Waals surface area contributed by atoms with Crippen molar-refractivity contribution in [2.75, 3.05) is 6.61 Å². The zero-order chi connectivity index (χ0) is 18.6. The van der Waals surface area contributed by atoms with Gasteiger partial charge in [0.05, 0.1) is 18.6 Å². The predicted octanol–water partition coefficient (Wildman–Crippen LogP) is 1.17. The molecule has 7 nitrogen and oxygen atoms in total. The van der Waals surface area contributed by atoms with Crippen molar-refractivity contribution in [2.24, 2.45) is 5.92 Å². The number of ether oxygens (including phenoxy) is 4. The van der Waals surface area contributed by atoms with Crippen LogP contribution in [0.15, 0.2) is 36.0 Å². The maximum absolute atomic E-state index is 12.2. The van der Waals surface area contributed by atoms with Gasteiger partial charge in [0.1, 0.15) is 17.8 Å². The summed E-state index contributed by atoms with van der Waals surface area (Å²) in [6, 6.07) is 0. The van der Waals surface area contributed by atoms with Gasteiger partial charge < -0.3 is 24.1 Å². The summed E-state index contributed by atoms with van der Waals surface area (Å²) in [5.74, 6) is -1.61. The Kier molecular flexibility index (Phi) is 4.06. The Morgan fingerprint density at radius 2 is 2.23 bits per heavy atom. The number of hydrogen-bond donors (Lipinski definition) is 1. The van der Waals surface area contributed by atoms with Crippen LogP contribution < -0.4 is 0 Å². The van der Waals surface area contributed by atoms with Gasteiger partial charge in [-0.25, -0.2) is 9.59 Å². The van der Waals surface area contributed by atoms with Crippen LogP contribution in [0.5, 0.6) is 0 Å². The lowest BCUT2D eigenvalue weighted by atomic mass is 9.81. The first kappa shape index (κ1) is 17.5. The number of aliphatic hydroxyl groups excluding tert-OH is 1. The third kappa shape index (κ3) is 2.71. The van der Waals surface area contributed by atoms with Gasteiger partial charge in [0.15, 0.2) is 6.29 Å². The number of epoxide rings is 1. The summed E-state index contributed by atoms with van der Waals surface area (Å²) >= 11 is 0. The monoisotopic (exact) mass is 362 g/mol. The van der Waals surface area contributed by atoms with Gasteiger partial charge in [-0.05, 0) is 31.4 Å². The Morgan fingerprint density at radius 1 is 1.46 bits per heavy atom. The fourth-order valence-corrected chi connectivity index (χ4v) is 4.09. The normalized spacial score (nSPS) is 43.3. The topological polar surface area (TPSA) is 94.6 Å². The number of fused-ring (bicyclic) bond motifs is 4. The van der Waals surface area contributed by atoms with Crippen molar-refractivity contribution in [3.63, 3.8) is 0 Å². The maximum Gasteiger partial charge on any atom is 0.334 e. The van der Waals surface area contributed by atoms with Gasteiger partial charge in [-0.1, -0.05) is 13.2 Å². The van der Waals surface area contributed by atoms with Crippen LogP contribution in [0.4, 0.5) is 0 Å². The second-order valence-corrected chi connectivity index (χ2v) is 7.44. The maximum atomic E-state index is 12.2. The van der Waals surface area contributed by atoms with Crippen molar-refractivity contribution in [1.29, 1.82) is 0 Å². The number of carbonyl (C=O) groups is 2. The number of rotatable bonds is 2. The van der Waals surface area contributed by atoms with Crippen LogP contribution in [0.2, 0.25) is 0 Å². The zero-order valence-corrected chi connectivity index (χ0v) is 14.6. The molecule has 1 N–H and O–H groups in total. The Bertz CT molecular complexity index is 723. The molecule has 26 heavy (non-hydrogen) atoms. The summed E-state index contributed by atoms with van der Waals surface area (Å²) in [5, 5.41) is 10.5. The molecular formula is C19H22O7. The molecule has 5 aliphatic rings. The average molecular weight is 362 g/mol. The van der Waals surface area contributed by atoms with Crippen LogP contribution in [-0.2, 0) is 28.5 Å². The molecule has 3 saturated heterocycles. The van der Waals surface area contributed by atoms with Crippen LogP contribution >= 0.6 is 0 Å². The van der Waals surface area contributed by atoms with E-state index in [1.165, 1.54) is 0 Å². The van der Waals surface area contributed by atoms with E-state index in [0.29, 0.717) is 0 Å². The fourth-order valence-electron chi connectivity index (χ4n) is 4.09. The van der Waals surface area contributed by atoms with E-state index >= 15 is 0 Å². The van der Waals surface area contributed by atoms with Crippen molar-refractivity contribution >= 4 is 11.9 Å². The Morgan fingerprint density at radius 3 is 2.96 bits per heavy atom. The quantitative estimate of drug-likeness (QED) is 0.341. The summed E-state index contributed by atoms with van der Waals surface area (Å²) in [6.45, 7) is 9.24. The van der Waals surface area contributed by atoms with Crippen LogP contribution in [0.1, 0.15) is 26.2 Å². The molecule has 5 rings (SSSR count). The minimum atomic E-state index is -1.13. The minimum Gasteiger partial charge on any atom is -0.458 e. The largest absolute Gasteiger partial charge is 0.458 e. The molecule has 4 heterocycles. The number of hydrogen-bond acceptors (Lipinski definition) is 7. The Labute approximate surface area is 151 Å². The van der Waals surface area contributed by atoms with Crippen molar-refractivity contribution in [3.8, 4) is 0 Å². The highest BCUT2D eigenvalue weighted by Gasteiger charge is 2.65. The fraction of sp³-hybridized carbons (Fsp3) is 0.579. The van der Waals surface area contributed by atoms with E-state index < -0.39 is 42.0 Å². The number of esters is 2. The molecule has 140 valence electrons. The number of carbonyl (C=O) groups excluding carboxylic acids is 2. The Hall–Kier alpha value is -1.96. The standard InChI is InChI=1S/C19H22O7/c1-9(2)16(20)25-13-7-19-14(26-19)5-4-11(8-23-18(19)22)6-12-15(13)10(3)17(21)24-12/h6,12-15,18,22H,1,3-5,7-8H2,2H3/b11-6-/t12-,13+,14-,15+,18?,19+/m1/s1. The van der Waals surface area contributed by atoms with Gasteiger partial charge in [0, 0.05) is 17.6 Å². The van der Waals surface area contributed by atoms with Gasteiger partial charge >= 0.3 is 11.9 Å². The van der Waals surface area contributed by atoms with E-state index in [9.17, 15) is 14.7 Å². The summed E-state index contributed by atoms with van der Waals surface area (Å²) < 4.78 is 22.5. The molecule has 1 aliphatic carbocycles. The molecule has 0 saturated carbocycles. The van der Waals surface area contributed by atoms with E-state index in [1.807, 2.05) is 6.08 Å². The molecule has 0 amide bonds. The number of aliphatic hydroxyl groups is 1. The lowest BCUT2D eigenvalue weighted by Crippen LogP contribution is -2.45. The summed E-state index contributed by atoms with van der Waals surface area (Å²) in [5.41, 5.74) is 0.475. The first-order valence-electron chi connectivity index (χ1n) is 8.75. The van der Waals surface area contributed by atoms with E-state index in [4.69, 9.17) is 18.9 Å². The van der Waals surface area contributed by atoms with Crippen LogP contribution in [0.25, 0.3) is 0 Å². The molecule has 3 fully saturated rings. The molecule has 0 aromatic rings. The van der Waals surface area contributed by atoms with Gasteiger partial charge in [-0.2, -0.15) is 0 Å². The summed E-state index contributed by atoms with van der Waals surface area (Å²) in [4.78, 5) is 24.3. The summed E-state index contributed by atoms with van der Waals surface area (Å²) in [6.07, 6.45) is 0.815. The molecule has 7 heteroatoms. The van der Waals surface area contributed by atoms with Crippen molar-refractivity contribution in [1.82, 2.24) is 0 Å². The molecule has 0 aromatic heterocycles. The van der Waals surface area contributed by atoms with Crippen molar-refractivity contribution < 1.29 is 33.6 Å². The Balaban J connectivity index is 1.76. The SMILES string of the molecule is C=C(C)C(=O)O[C@H]1C[C@]23O[C@@H]2CC/C(=C/[C@H]2OC(=O)C(=C)[C@H]12)COC3O. The van der Waals surface area contributed by atoms with Gasteiger partial charge in [0.2, 0.25) is 0 Å². The molecule has 0 radical (unpaired) electrons. The molecule has 2 bridgehead atoms. The second-order valence-electron chi connectivity index (χ2n) is 7.44. The van der Waals surface area contributed by atoms with Crippen molar-refractivity contribution in [2.45, 2.75) is 56.4 Å². The zero-order valence-electron chi connectivity index (χ0n) is 14.6. The van der Waals surface area contributed by atoms with Gasteiger partial charge in [0.25, 0.3) is 0 Å². The molecule has 4 aliphatic heterocycles. The molecule has 1 spiro atoms. The predicted molar refractivity (Wildman–Crippen MR) is 88.7 cm³/mol. The minimum absolute atomic E-state index is 0.185. The van der Waals surface area contributed by atoms with E-state index in [0.717, 1.165) is 18.4 Å². The second kappa shape index (κ2) is 6.04. The third-order valence-corrected chi connectivity index (χ3v) is 5.61. The average Bonchev–Trinajstić information content (AvgIpc) is 3.20. The third-order valence-electron chi connectivity index (χ3n) is 5.61. The van der Waals surface area contributed by atoms with Crippen LogP contribution in [0.3, 0.4) is 0 Å². The van der Waals surface area contributed by atoms with E-state index in [-0.39, 0.29) is 30.3 Å². The van der Waals surface area contributed by atoms with E-state index in [1.54, 1.807) is 6.92 Å². The highest BCUT2D eigenvalue weighted by molar-refractivity contribution is 5.91. The molecule has 6 atom stereocenters. The van der Waals surface area contributed by atoms with Crippen LogP contribution in [0, 0.1) is 5.92 Å². The van der Waals surface area contributed by atoms with E-state index in [2.05, 4.69) is 13.2 Å². The highest BCUT2D eigenvalue weighted by atomic mass is 16.7. The first-order chi connectivity index (χ1) is 12.3. The summed E-state index contributed by atoms with van der Waals surface area (Å²) in [7, 11) is 0. The lowest BCUT2D eigenvalue weighted by molar-refractivity contribution is -0.163. The van der Waals surface area contributed by atoms with Gasteiger partial charge in [-0.15, -0.1) is 0 Å². The first-order valence-corrected chi connectivity index (χ1v) is 8.75. The molecular weight excluding hydrogens is 340 g/mol. The lowest BCUT2D eigenvalue weighted by Gasteiger charge is -2.33. The smallest absolute Gasteiger partial charge is 0.334 e. The van der Waals surface area contributed by atoms with Crippen molar-refractivity contribution in [3.05, 3.63) is 36.0 Å².